The Bertz CT molecular complexity index is 2720. The maximum atomic E-state index is 6.22. The van der Waals surface area contributed by atoms with E-state index in [0.717, 1.165) is 33.3 Å². The molecular weight excluding hydrogens is 571 g/mol. The number of rotatable bonds is 3. The number of hydrogen-bond acceptors (Lipinski definition) is 2. The first kappa shape index (κ1) is 26.4. The van der Waals surface area contributed by atoms with Crippen LogP contribution in [-0.4, -0.2) is 0 Å². The zero-order valence-corrected chi connectivity index (χ0v) is 26.3. The lowest BCUT2D eigenvalue weighted by molar-refractivity contribution is 0.660. The van der Waals surface area contributed by atoms with Crippen molar-refractivity contribution in [3.05, 3.63) is 163 Å². The highest BCUT2D eigenvalue weighted by atomic mass is 16.3. The van der Waals surface area contributed by atoms with E-state index >= 15 is 0 Å². The Kier molecular flexibility index (Phi) is 5.37. The van der Waals surface area contributed by atoms with Gasteiger partial charge in [0.15, 0.2) is 0 Å². The molecule has 2 nitrogen and oxygen atoms in total. The molecule has 0 saturated heterocycles. The summed E-state index contributed by atoms with van der Waals surface area (Å²) in [4.78, 5) is 2.44. The summed E-state index contributed by atoms with van der Waals surface area (Å²) in [5.74, 6) is 0. The first-order valence-electron chi connectivity index (χ1n) is 16.3. The Morgan fingerprint density at radius 2 is 1.13 bits per heavy atom. The van der Waals surface area contributed by atoms with Gasteiger partial charge in [0.1, 0.15) is 11.2 Å². The smallest absolute Gasteiger partial charge is 0.136 e. The molecule has 222 valence electrons. The predicted molar refractivity (Wildman–Crippen MR) is 198 cm³/mol. The summed E-state index contributed by atoms with van der Waals surface area (Å²) in [7, 11) is 0. The monoisotopic (exact) mass is 601 g/mol. The number of fused-ring (bicyclic) bond motifs is 10. The second-order valence-corrected chi connectivity index (χ2v) is 13.4. The van der Waals surface area contributed by atoms with Crippen molar-refractivity contribution in [1.82, 2.24) is 0 Å². The molecule has 0 atom stereocenters. The lowest BCUT2D eigenvalue weighted by Crippen LogP contribution is -2.16. The molecule has 0 bridgehead atoms. The van der Waals surface area contributed by atoms with Crippen LogP contribution in [0.4, 0.5) is 17.1 Å². The third-order valence-electron chi connectivity index (χ3n) is 10.4. The minimum Gasteiger partial charge on any atom is -0.456 e. The molecule has 0 aliphatic heterocycles. The van der Waals surface area contributed by atoms with Crippen LogP contribution in [0.5, 0.6) is 0 Å². The zero-order valence-electron chi connectivity index (χ0n) is 26.3. The van der Waals surface area contributed by atoms with E-state index in [1.165, 1.54) is 60.3 Å². The van der Waals surface area contributed by atoms with Gasteiger partial charge in [0.2, 0.25) is 0 Å². The van der Waals surface area contributed by atoms with Gasteiger partial charge in [-0.2, -0.15) is 0 Å². The number of anilines is 3. The van der Waals surface area contributed by atoms with E-state index in [0.29, 0.717) is 0 Å². The van der Waals surface area contributed by atoms with Gasteiger partial charge in [0.05, 0.1) is 5.69 Å². The van der Waals surface area contributed by atoms with E-state index in [1.54, 1.807) is 0 Å². The van der Waals surface area contributed by atoms with E-state index in [9.17, 15) is 0 Å². The number of furan rings is 1. The predicted octanol–water partition coefficient (Wildman–Crippen LogP) is 12.8. The lowest BCUT2D eigenvalue weighted by atomic mass is 9.82. The van der Waals surface area contributed by atoms with Crippen molar-refractivity contribution in [3.8, 4) is 11.1 Å². The number of benzene rings is 8. The fourth-order valence-electron chi connectivity index (χ4n) is 8.07. The Labute approximate surface area is 273 Å². The van der Waals surface area contributed by atoms with Crippen molar-refractivity contribution in [2.24, 2.45) is 0 Å². The van der Waals surface area contributed by atoms with Crippen LogP contribution in [0.1, 0.15) is 25.0 Å². The SMILES string of the molecule is CC1(C)c2ccccc2-c2ccc(N(c3ccc4c(ccc5cc6oc7ccccc7c6cc54)c3)c3cccc4ccccc34)cc21. The fraction of sp³-hybridized carbons (Fsp3) is 0.0667. The van der Waals surface area contributed by atoms with E-state index in [4.69, 9.17) is 4.42 Å². The van der Waals surface area contributed by atoms with Gasteiger partial charge in [0.25, 0.3) is 0 Å². The second kappa shape index (κ2) is 9.57. The quantitative estimate of drug-likeness (QED) is 0.187. The van der Waals surface area contributed by atoms with Gasteiger partial charge in [-0.25, -0.2) is 0 Å². The minimum absolute atomic E-state index is 0.0861. The Morgan fingerprint density at radius 3 is 2.04 bits per heavy atom. The van der Waals surface area contributed by atoms with Crippen molar-refractivity contribution in [3.63, 3.8) is 0 Å². The minimum atomic E-state index is -0.0861. The highest BCUT2D eigenvalue weighted by molar-refractivity contribution is 6.17. The van der Waals surface area contributed by atoms with Crippen molar-refractivity contribution in [2.75, 3.05) is 4.90 Å². The zero-order chi connectivity index (χ0) is 31.3. The normalized spacial score (nSPS) is 13.5. The molecule has 1 aliphatic carbocycles. The summed E-state index contributed by atoms with van der Waals surface area (Å²) in [6.07, 6.45) is 0. The van der Waals surface area contributed by atoms with Crippen LogP contribution in [0.25, 0.3) is 65.4 Å². The molecule has 0 N–H and O–H groups in total. The standard InChI is InChI=1S/C45H31NO/c1-45(2)40-15-7-5-13-35(40)36-23-21-32(26-41(36)45)46(42-16-9-11-28-10-3-4-12-34(28)42)31-20-22-33-29(24-31)18-19-30-25-44-39(27-38(30)33)37-14-6-8-17-43(37)47-44/h3-27H,1-2H3. The number of hydrogen-bond donors (Lipinski definition) is 0. The van der Waals surface area contributed by atoms with Gasteiger partial charge in [0, 0.05) is 32.9 Å². The summed E-state index contributed by atoms with van der Waals surface area (Å²) in [5.41, 5.74) is 10.7. The molecule has 0 spiro atoms. The Balaban J connectivity index is 1.20. The van der Waals surface area contributed by atoms with Gasteiger partial charge in [-0.1, -0.05) is 117 Å². The molecule has 0 saturated carbocycles. The topological polar surface area (TPSA) is 16.4 Å². The Hall–Kier alpha value is -5.86. The molecule has 9 aromatic rings. The summed E-state index contributed by atoms with van der Waals surface area (Å²) >= 11 is 0. The van der Waals surface area contributed by atoms with Gasteiger partial charge in [-0.05, 0) is 97.7 Å². The molecule has 2 heteroatoms. The van der Waals surface area contributed by atoms with Crippen molar-refractivity contribution < 1.29 is 4.42 Å². The van der Waals surface area contributed by atoms with E-state index in [1.807, 2.05) is 12.1 Å². The van der Waals surface area contributed by atoms with E-state index < -0.39 is 0 Å². The first-order valence-corrected chi connectivity index (χ1v) is 16.3. The molecule has 0 unspecified atom stereocenters. The summed E-state index contributed by atoms with van der Waals surface area (Å²) in [5, 5.41) is 9.64. The lowest BCUT2D eigenvalue weighted by Gasteiger charge is -2.29. The average Bonchev–Trinajstić information content (AvgIpc) is 3.58. The highest BCUT2D eigenvalue weighted by Crippen LogP contribution is 2.51. The summed E-state index contributed by atoms with van der Waals surface area (Å²) in [6.45, 7) is 4.70. The fourth-order valence-corrected chi connectivity index (χ4v) is 8.07. The largest absolute Gasteiger partial charge is 0.456 e. The van der Waals surface area contributed by atoms with Crippen molar-refractivity contribution in [2.45, 2.75) is 19.3 Å². The van der Waals surface area contributed by atoms with Crippen LogP contribution >= 0.6 is 0 Å². The molecule has 10 rings (SSSR count). The van der Waals surface area contributed by atoms with E-state index in [2.05, 4.69) is 158 Å². The number of nitrogens with zero attached hydrogens (tertiary/aromatic N) is 1. The maximum Gasteiger partial charge on any atom is 0.136 e. The molecule has 8 aromatic carbocycles. The molecule has 0 radical (unpaired) electrons. The van der Waals surface area contributed by atoms with Crippen LogP contribution in [0, 0.1) is 0 Å². The number of para-hydroxylation sites is 1. The van der Waals surface area contributed by atoms with Crippen LogP contribution < -0.4 is 4.90 Å². The second-order valence-electron chi connectivity index (χ2n) is 13.4. The molecule has 47 heavy (non-hydrogen) atoms. The average molecular weight is 602 g/mol. The van der Waals surface area contributed by atoms with Crippen LogP contribution in [0.2, 0.25) is 0 Å². The van der Waals surface area contributed by atoms with Gasteiger partial charge < -0.3 is 9.32 Å². The van der Waals surface area contributed by atoms with Gasteiger partial charge >= 0.3 is 0 Å². The summed E-state index contributed by atoms with van der Waals surface area (Å²) in [6, 6.07) is 55.4. The van der Waals surface area contributed by atoms with Crippen molar-refractivity contribution >= 4 is 71.3 Å². The third kappa shape index (κ3) is 3.79. The highest BCUT2D eigenvalue weighted by Gasteiger charge is 2.35. The third-order valence-corrected chi connectivity index (χ3v) is 10.4. The Morgan fingerprint density at radius 1 is 0.426 bits per heavy atom. The molecule has 0 amide bonds. The van der Waals surface area contributed by atoms with Gasteiger partial charge in [-0.15, -0.1) is 0 Å². The first-order chi connectivity index (χ1) is 23.0. The molecule has 1 aliphatic rings. The van der Waals surface area contributed by atoms with Crippen LogP contribution in [-0.2, 0) is 5.41 Å². The molecule has 1 heterocycles. The molecule has 0 fully saturated rings. The van der Waals surface area contributed by atoms with Crippen LogP contribution in [0.3, 0.4) is 0 Å². The van der Waals surface area contributed by atoms with Crippen molar-refractivity contribution in [1.29, 1.82) is 0 Å². The summed E-state index contributed by atoms with van der Waals surface area (Å²) < 4.78 is 6.22. The molecular formula is C45H31NO. The maximum absolute atomic E-state index is 6.22. The molecule has 1 aromatic heterocycles. The van der Waals surface area contributed by atoms with E-state index in [-0.39, 0.29) is 5.41 Å². The van der Waals surface area contributed by atoms with Gasteiger partial charge in [-0.3, -0.25) is 0 Å². The van der Waals surface area contributed by atoms with Crippen LogP contribution in [0.15, 0.2) is 156 Å².